The molecular weight excluding hydrogens is 440 g/mol. The molecule has 2 fully saturated rings. The van der Waals surface area contributed by atoms with E-state index in [4.69, 9.17) is 5.41 Å². The van der Waals surface area contributed by atoms with Gasteiger partial charge in [-0.25, -0.2) is 17.7 Å². The molecule has 2 heterocycles. The summed E-state index contributed by atoms with van der Waals surface area (Å²) in [6.45, 7) is 3.09. The summed E-state index contributed by atoms with van der Waals surface area (Å²) in [6, 6.07) is 6.94. The molecule has 1 amide bonds. The van der Waals surface area contributed by atoms with E-state index in [0.717, 1.165) is 36.9 Å². The number of sulfonamides is 1. The van der Waals surface area contributed by atoms with Crippen LogP contribution in [-0.4, -0.2) is 65.1 Å². The van der Waals surface area contributed by atoms with E-state index < -0.39 is 10.0 Å². The lowest BCUT2D eigenvalue weighted by molar-refractivity contribution is 0.0948. The Balaban J connectivity index is 1.33. The molecule has 1 aromatic carbocycles. The molecule has 0 radical (unpaired) electrons. The molecule has 2 aliphatic rings. The average molecular weight is 471 g/mol. The van der Waals surface area contributed by atoms with E-state index in [1.54, 1.807) is 37.4 Å². The van der Waals surface area contributed by atoms with Gasteiger partial charge >= 0.3 is 0 Å². The number of carbonyl (C=O) groups excluding carboxylic acids is 1. The van der Waals surface area contributed by atoms with E-state index in [2.05, 4.69) is 15.3 Å². The van der Waals surface area contributed by atoms with Crippen molar-refractivity contribution in [3.8, 4) is 0 Å². The molecule has 4 rings (SSSR count). The van der Waals surface area contributed by atoms with Crippen LogP contribution in [0.15, 0.2) is 41.6 Å². The van der Waals surface area contributed by atoms with E-state index in [-0.39, 0.29) is 28.5 Å². The summed E-state index contributed by atoms with van der Waals surface area (Å²) < 4.78 is 27.5. The number of benzene rings is 1. The number of carbonyl (C=O) groups is 1. The van der Waals surface area contributed by atoms with E-state index in [1.807, 2.05) is 4.90 Å². The Labute approximate surface area is 194 Å². The minimum absolute atomic E-state index is 0.0906. The van der Waals surface area contributed by atoms with Gasteiger partial charge in [0, 0.05) is 25.3 Å². The first-order valence-corrected chi connectivity index (χ1v) is 12.8. The maximum Gasteiger partial charge on any atom is 0.271 e. The van der Waals surface area contributed by atoms with Gasteiger partial charge in [0.1, 0.15) is 5.69 Å². The maximum absolute atomic E-state index is 13.2. The first kappa shape index (κ1) is 23.2. The topological polar surface area (TPSA) is 119 Å². The molecule has 0 bridgehead atoms. The predicted octanol–water partition coefficient (Wildman–Crippen LogP) is 2.33. The summed E-state index contributed by atoms with van der Waals surface area (Å²) in [6.07, 6.45) is 9.09. The van der Waals surface area contributed by atoms with Crippen LogP contribution in [0.25, 0.3) is 0 Å². The Morgan fingerprint density at radius 2 is 1.82 bits per heavy atom. The van der Waals surface area contributed by atoms with Gasteiger partial charge in [0.2, 0.25) is 5.96 Å². The van der Waals surface area contributed by atoms with Crippen LogP contribution < -0.4 is 5.32 Å². The van der Waals surface area contributed by atoms with Crippen molar-refractivity contribution < 1.29 is 13.2 Å². The number of aromatic nitrogens is 2. The number of nitrogens with one attached hydrogen (secondary N) is 2. The molecule has 1 aromatic heterocycles. The fraction of sp³-hybridized carbons (Fsp3) is 0.478. The van der Waals surface area contributed by atoms with Crippen molar-refractivity contribution in [1.29, 1.82) is 5.41 Å². The first-order chi connectivity index (χ1) is 15.9. The lowest BCUT2D eigenvalue weighted by Crippen LogP contribution is -2.42. The van der Waals surface area contributed by atoms with Gasteiger partial charge in [-0.3, -0.25) is 15.2 Å². The summed E-state index contributed by atoms with van der Waals surface area (Å²) >= 11 is 0. The van der Waals surface area contributed by atoms with Crippen LogP contribution >= 0.6 is 0 Å². The van der Waals surface area contributed by atoms with E-state index in [0.29, 0.717) is 26.1 Å². The minimum atomic E-state index is -3.77. The summed E-state index contributed by atoms with van der Waals surface area (Å²) in [5.74, 6) is -0.204. The van der Waals surface area contributed by atoms with Crippen LogP contribution in [0.1, 0.15) is 53.8 Å². The second-order valence-electron chi connectivity index (χ2n) is 8.58. The average Bonchev–Trinajstić information content (AvgIpc) is 3.22. The van der Waals surface area contributed by atoms with Crippen LogP contribution in [0.4, 0.5) is 0 Å². The van der Waals surface area contributed by atoms with Crippen LogP contribution in [-0.2, 0) is 16.4 Å². The lowest BCUT2D eigenvalue weighted by atomic mass is 9.94. The highest BCUT2D eigenvalue weighted by Crippen LogP contribution is 2.28. The van der Waals surface area contributed by atoms with Crippen LogP contribution in [0.2, 0.25) is 0 Å². The summed E-state index contributed by atoms with van der Waals surface area (Å²) in [7, 11) is -3.77. The summed E-state index contributed by atoms with van der Waals surface area (Å²) in [5.41, 5.74) is 1.91. The minimum Gasteiger partial charge on any atom is -0.350 e. The second kappa shape index (κ2) is 9.86. The molecule has 10 heteroatoms. The Bertz CT molecular complexity index is 1100. The second-order valence-corrected chi connectivity index (χ2v) is 10.4. The van der Waals surface area contributed by atoms with Gasteiger partial charge in [-0.15, -0.1) is 0 Å². The van der Waals surface area contributed by atoms with Gasteiger partial charge in [-0.2, -0.15) is 0 Å². The van der Waals surface area contributed by atoms with Gasteiger partial charge in [0.05, 0.1) is 23.3 Å². The Hall–Kier alpha value is -3.01. The van der Waals surface area contributed by atoms with Gasteiger partial charge in [0.25, 0.3) is 15.9 Å². The van der Waals surface area contributed by atoms with Gasteiger partial charge < -0.3 is 10.2 Å². The SMILES string of the molecule is Cc1cnc(C(=O)NCCc2ccc(S(=O)(=O)N3CCN(C4CCCCC4)C3=N)cc2)cn1. The number of hydrogen-bond donors (Lipinski definition) is 2. The molecule has 1 aliphatic heterocycles. The van der Waals surface area contributed by atoms with Crippen molar-refractivity contribution in [3.63, 3.8) is 0 Å². The third-order valence-corrected chi connectivity index (χ3v) is 8.10. The molecule has 33 heavy (non-hydrogen) atoms. The van der Waals surface area contributed by atoms with Gasteiger partial charge in [-0.1, -0.05) is 31.4 Å². The highest BCUT2D eigenvalue weighted by atomic mass is 32.2. The van der Waals surface area contributed by atoms with E-state index >= 15 is 0 Å². The number of rotatable bonds is 7. The van der Waals surface area contributed by atoms with Gasteiger partial charge in [-0.05, 0) is 43.9 Å². The van der Waals surface area contributed by atoms with Crippen molar-refractivity contribution in [3.05, 3.63) is 53.6 Å². The van der Waals surface area contributed by atoms with Crippen molar-refractivity contribution in [2.24, 2.45) is 0 Å². The standard InChI is InChI=1S/C23H30N6O3S/c1-17-15-27-21(16-26-17)22(30)25-12-11-18-7-9-20(10-8-18)33(31,32)29-14-13-28(23(29)24)19-5-3-2-4-6-19/h7-10,15-16,19,24H,2-6,11-14H2,1H3,(H,25,30). The highest BCUT2D eigenvalue weighted by molar-refractivity contribution is 7.89. The van der Waals surface area contributed by atoms with E-state index in [1.165, 1.54) is 16.9 Å². The predicted molar refractivity (Wildman–Crippen MR) is 124 cm³/mol. The number of amides is 1. The zero-order valence-corrected chi connectivity index (χ0v) is 19.6. The maximum atomic E-state index is 13.2. The number of aryl methyl sites for hydroxylation is 1. The van der Waals surface area contributed by atoms with E-state index in [9.17, 15) is 13.2 Å². The molecule has 0 unspecified atom stereocenters. The Morgan fingerprint density at radius 1 is 1.09 bits per heavy atom. The number of hydrogen-bond acceptors (Lipinski definition) is 6. The Kier molecular flexibility index (Phi) is 6.92. The monoisotopic (exact) mass is 470 g/mol. The molecule has 0 atom stereocenters. The lowest BCUT2D eigenvalue weighted by Gasteiger charge is -2.32. The molecule has 9 nitrogen and oxygen atoms in total. The first-order valence-electron chi connectivity index (χ1n) is 11.4. The number of nitrogens with zero attached hydrogens (tertiary/aromatic N) is 4. The molecule has 176 valence electrons. The quantitative estimate of drug-likeness (QED) is 0.641. The van der Waals surface area contributed by atoms with Crippen molar-refractivity contribution in [2.75, 3.05) is 19.6 Å². The molecule has 1 saturated carbocycles. The van der Waals surface area contributed by atoms with Gasteiger partial charge in [0.15, 0.2) is 0 Å². The third kappa shape index (κ3) is 5.16. The molecule has 0 spiro atoms. The molecule has 2 aromatic rings. The fourth-order valence-corrected chi connectivity index (χ4v) is 5.80. The number of guanidine groups is 1. The molecule has 1 saturated heterocycles. The molecular formula is C23H30N6O3S. The summed E-state index contributed by atoms with van der Waals surface area (Å²) in [5, 5.41) is 11.3. The molecule has 2 N–H and O–H groups in total. The highest BCUT2D eigenvalue weighted by Gasteiger charge is 2.38. The van der Waals surface area contributed by atoms with Crippen molar-refractivity contribution in [2.45, 2.75) is 56.4 Å². The zero-order valence-electron chi connectivity index (χ0n) is 18.8. The van der Waals surface area contributed by atoms with Crippen molar-refractivity contribution in [1.82, 2.24) is 24.5 Å². The fourth-order valence-electron chi connectivity index (χ4n) is 4.41. The summed E-state index contributed by atoms with van der Waals surface area (Å²) in [4.78, 5) is 22.4. The van der Waals surface area contributed by atoms with Crippen molar-refractivity contribution >= 4 is 21.9 Å². The smallest absolute Gasteiger partial charge is 0.271 e. The van der Waals surface area contributed by atoms with Crippen LogP contribution in [0.5, 0.6) is 0 Å². The molecule has 1 aliphatic carbocycles. The zero-order chi connectivity index (χ0) is 23.4. The largest absolute Gasteiger partial charge is 0.350 e. The third-order valence-electron chi connectivity index (χ3n) is 6.29. The van der Waals surface area contributed by atoms with Crippen LogP contribution in [0.3, 0.4) is 0 Å². The van der Waals surface area contributed by atoms with Crippen LogP contribution in [0, 0.1) is 12.3 Å². The normalized spacial score (nSPS) is 17.4. The Morgan fingerprint density at radius 3 is 2.48 bits per heavy atom.